The molecule has 0 radical (unpaired) electrons. The number of pyridine rings is 3. The fourth-order valence-corrected chi connectivity index (χ4v) is 10.7. The Kier molecular flexibility index (Phi) is 25.3. The average molecular weight is 1240 g/mol. The molecule has 91 heavy (non-hydrogen) atoms. The number of ether oxygens (including phenoxy) is 2. The minimum atomic E-state index is -1.20. The van der Waals surface area contributed by atoms with Gasteiger partial charge in [-0.2, -0.15) is 0 Å². The molecule has 2 aromatic carbocycles. The van der Waals surface area contributed by atoms with Crippen molar-refractivity contribution < 1.29 is 48.1 Å². The third kappa shape index (κ3) is 23.5. The van der Waals surface area contributed by atoms with Crippen LogP contribution in [0.5, 0.6) is 11.5 Å². The van der Waals surface area contributed by atoms with Crippen molar-refractivity contribution in [2.24, 2.45) is 0 Å². The molecule has 6 heterocycles. The van der Waals surface area contributed by atoms with Gasteiger partial charge in [0.2, 0.25) is 0 Å². The summed E-state index contributed by atoms with van der Waals surface area (Å²) >= 11 is 0. The smallest absolute Gasteiger partial charge is 0.354 e. The van der Waals surface area contributed by atoms with Crippen LogP contribution >= 0.6 is 0 Å². The van der Waals surface area contributed by atoms with Crippen LogP contribution in [0.15, 0.2) is 103 Å². The van der Waals surface area contributed by atoms with Crippen LogP contribution in [-0.2, 0) is 56.9 Å². The highest BCUT2D eigenvalue weighted by atomic mass is 16.5. The van der Waals surface area contributed by atoms with Crippen LogP contribution in [-0.4, -0.2) is 202 Å². The van der Waals surface area contributed by atoms with E-state index in [9.17, 15) is 29.7 Å². The van der Waals surface area contributed by atoms with E-state index in [1.165, 1.54) is 50.9 Å². The molecule has 0 spiro atoms. The van der Waals surface area contributed by atoms with Gasteiger partial charge in [-0.05, 0) is 97.8 Å². The lowest BCUT2D eigenvalue weighted by Gasteiger charge is -2.30. The number of benzene rings is 2. The molecule has 22 nitrogen and oxygen atoms in total. The first-order valence-corrected chi connectivity index (χ1v) is 31.6. The number of fused-ring (bicyclic) bond motifs is 2. The van der Waals surface area contributed by atoms with Crippen molar-refractivity contribution >= 4 is 17.9 Å². The highest BCUT2D eigenvalue weighted by Gasteiger charge is 2.22. The standard InChI is InChI=1S/C69H86N14O8/c1-7-9-36-82(3,4)38-12-30-80-50-59(73-75-80)28-40-90-63-24-20-53(21-25-63)16-18-55-42-61(71-65(44-55)68(86)87)48-77-32-34-78(46-57-14-11-15-58(70-57)47-79(35-33-77)52-67(84)85)49-62-43-56(45-66(72-62)69(88)89)19-17-54-22-26-64(27-23-54)91-41-29-60-51-81(76-74-60)31-13-39-83(5,6)37-10-8-2/h11,14-15,20-27,42-45,50-51H,7-10,12-13,28-41,46-49,52H2,1-6H3,(H-2,84,85,86,87,88,89)/p+2. The number of aromatic carboxylic acids is 2. The fraction of sp³-hybridized carbons (Fsp3) is 0.449. The number of aromatic nitrogens is 9. The Labute approximate surface area is 534 Å². The molecule has 480 valence electrons. The Morgan fingerprint density at radius 1 is 0.505 bits per heavy atom. The number of aryl methyl sites for hydroxylation is 2. The number of quaternary nitrogens is 2. The molecule has 0 unspecified atom stereocenters. The fourth-order valence-electron chi connectivity index (χ4n) is 10.7. The highest BCUT2D eigenvalue weighted by Crippen LogP contribution is 2.19. The maximum atomic E-state index is 12.5. The minimum absolute atomic E-state index is 0.147. The third-order valence-electron chi connectivity index (χ3n) is 15.8. The Morgan fingerprint density at radius 2 is 0.923 bits per heavy atom. The molecule has 8 rings (SSSR count). The second-order valence-corrected chi connectivity index (χ2v) is 24.7. The van der Waals surface area contributed by atoms with Gasteiger partial charge in [0.1, 0.15) is 22.9 Å². The number of unbranched alkanes of at least 4 members (excludes halogenated alkanes) is 2. The summed E-state index contributed by atoms with van der Waals surface area (Å²) in [6, 6.07) is 27.0. The number of carboxylic acid groups (broad SMARTS) is 3. The van der Waals surface area contributed by atoms with E-state index >= 15 is 0 Å². The van der Waals surface area contributed by atoms with Gasteiger partial charge in [0.15, 0.2) is 0 Å². The number of nitrogens with zero attached hydrogens (tertiary/aromatic N) is 14. The topological polar surface area (TPSA) is 240 Å². The first kappa shape index (κ1) is 68.0. The summed E-state index contributed by atoms with van der Waals surface area (Å²) in [6.45, 7) is 13.9. The normalized spacial score (nSPS) is 13.5. The number of hydrogen-bond donors (Lipinski definition) is 3. The zero-order valence-corrected chi connectivity index (χ0v) is 53.6. The van der Waals surface area contributed by atoms with E-state index in [1.54, 1.807) is 12.1 Å². The summed E-state index contributed by atoms with van der Waals surface area (Å²) in [5.74, 6) is 10.6. The van der Waals surface area contributed by atoms with Gasteiger partial charge < -0.3 is 33.8 Å². The van der Waals surface area contributed by atoms with Crippen LogP contribution in [0.1, 0.15) is 130 Å². The van der Waals surface area contributed by atoms with Crippen molar-refractivity contribution in [2.45, 2.75) is 104 Å². The number of carboxylic acids is 3. The summed E-state index contributed by atoms with van der Waals surface area (Å²) in [4.78, 5) is 57.3. The van der Waals surface area contributed by atoms with E-state index in [2.05, 4.69) is 106 Å². The van der Waals surface area contributed by atoms with E-state index in [1.807, 2.05) is 93.4 Å². The van der Waals surface area contributed by atoms with Crippen molar-refractivity contribution in [2.75, 3.05) is 100 Å². The average Bonchev–Trinajstić information content (AvgIpc) is 3.25. The molecule has 1 aliphatic heterocycles. The van der Waals surface area contributed by atoms with Crippen molar-refractivity contribution in [3.8, 4) is 35.2 Å². The van der Waals surface area contributed by atoms with Crippen LogP contribution in [0, 0.1) is 23.7 Å². The maximum absolute atomic E-state index is 12.5. The van der Waals surface area contributed by atoms with Gasteiger partial charge in [-0.25, -0.2) is 19.6 Å². The minimum Gasteiger partial charge on any atom is -0.493 e. The van der Waals surface area contributed by atoms with Crippen molar-refractivity contribution in [1.29, 1.82) is 0 Å². The van der Waals surface area contributed by atoms with Gasteiger partial charge in [0, 0.05) is 126 Å². The molecule has 1 aliphatic rings. The predicted octanol–water partition coefficient (Wildman–Crippen LogP) is 7.43. The number of carbonyl (C=O) groups is 3. The Hall–Kier alpha value is -8.90. The van der Waals surface area contributed by atoms with Gasteiger partial charge in [0.05, 0.1) is 108 Å². The summed E-state index contributed by atoms with van der Waals surface area (Å²) < 4.78 is 17.9. The lowest BCUT2D eigenvalue weighted by molar-refractivity contribution is -0.890. The van der Waals surface area contributed by atoms with Crippen LogP contribution in [0.25, 0.3) is 0 Å². The summed E-state index contributed by atoms with van der Waals surface area (Å²) in [6.07, 6.45) is 12.1. The van der Waals surface area contributed by atoms with Crippen molar-refractivity contribution in [3.05, 3.63) is 171 Å². The van der Waals surface area contributed by atoms with Crippen molar-refractivity contribution in [3.63, 3.8) is 0 Å². The molecule has 7 aromatic rings. The zero-order valence-electron chi connectivity index (χ0n) is 53.6. The molecule has 0 aliphatic carbocycles. The lowest BCUT2D eigenvalue weighted by Crippen LogP contribution is -2.41. The summed E-state index contributed by atoms with van der Waals surface area (Å²) in [5.41, 5.74) is 6.17. The first-order chi connectivity index (χ1) is 43.8. The Morgan fingerprint density at radius 3 is 1.37 bits per heavy atom. The maximum Gasteiger partial charge on any atom is 0.354 e. The lowest BCUT2D eigenvalue weighted by atomic mass is 10.1. The first-order valence-electron chi connectivity index (χ1n) is 31.6. The van der Waals surface area contributed by atoms with Crippen molar-refractivity contribution in [1.82, 2.24) is 59.6 Å². The highest BCUT2D eigenvalue weighted by molar-refractivity contribution is 5.86. The SMILES string of the molecule is CCCC[N+](C)(C)CCCn1cc(CCOc2ccc(C#Cc3cc(CN4CCN(CC(=O)O)Cc5cccc(n5)CN(Cc5cc(C#Cc6ccc(OCCc7cn(CCC[N+](C)(C)CCCC)nn7)cc6)cc(C(=O)O)n5)CC4)nc(C(=O)O)c3)cc2)nn1. The van der Waals surface area contributed by atoms with E-state index in [-0.39, 0.29) is 37.6 Å². The quantitative estimate of drug-likeness (QED) is 0.0293. The molecule has 0 amide bonds. The molecule has 22 heteroatoms. The van der Waals surface area contributed by atoms with E-state index in [4.69, 9.17) is 14.5 Å². The number of aliphatic carboxylic acids is 1. The second-order valence-electron chi connectivity index (χ2n) is 24.7. The molecule has 2 bridgehead atoms. The van der Waals surface area contributed by atoms with Crippen LogP contribution < -0.4 is 9.47 Å². The molecule has 0 saturated heterocycles. The van der Waals surface area contributed by atoms with Crippen LogP contribution in [0.4, 0.5) is 0 Å². The summed E-state index contributed by atoms with van der Waals surface area (Å²) in [5, 5.41) is 47.8. The van der Waals surface area contributed by atoms with Crippen LogP contribution in [0.3, 0.4) is 0 Å². The van der Waals surface area contributed by atoms with Gasteiger partial charge >= 0.3 is 17.9 Å². The molecule has 0 atom stereocenters. The van der Waals surface area contributed by atoms with E-state index in [0.29, 0.717) is 110 Å². The number of rotatable bonds is 30. The Bertz CT molecular complexity index is 3640. The van der Waals surface area contributed by atoms with Gasteiger partial charge in [-0.1, -0.05) is 66.9 Å². The number of hydrogen-bond acceptors (Lipinski definition) is 15. The molecule has 0 saturated carbocycles. The van der Waals surface area contributed by atoms with Gasteiger partial charge in [-0.15, -0.1) is 10.2 Å². The molecule has 3 N–H and O–H groups in total. The third-order valence-corrected chi connectivity index (χ3v) is 15.8. The largest absolute Gasteiger partial charge is 0.493 e. The zero-order chi connectivity index (χ0) is 64.6. The van der Waals surface area contributed by atoms with Crippen LogP contribution in [0.2, 0.25) is 0 Å². The predicted molar refractivity (Wildman–Crippen MR) is 345 cm³/mol. The monoisotopic (exact) mass is 1240 g/mol. The Balaban J connectivity index is 0.906. The summed E-state index contributed by atoms with van der Waals surface area (Å²) in [7, 11) is 9.11. The van der Waals surface area contributed by atoms with E-state index in [0.717, 1.165) is 65.1 Å². The molecular formula is C69H88N14O8+2. The van der Waals surface area contributed by atoms with Gasteiger partial charge in [-0.3, -0.25) is 33.8 Å². The molecule has 0 fully saturated rings. The van der Waals surface area contributed by atoms with E-state index < -0.39 is 17.9 Å². The molecular weight excluding hydrogens is 1150 g/mol. The van der Waals surface area contributed by atoms with Gasteiger partial charge in [0.25, 0.3) is 0 Å². The second kappa shape index (κ2) is 33.8. The molecule has 5 aromatic heterocycles.